The van der Waals surface area contributed by atoms with E-state index in [1.54, 1.807) is 0 Å². The number of rotatable bonds is 1. The van der Waals surface area contributed by atoms with Gasteiger partial charge >= 0.3 is 12.4 Å². The molecule has 0 aromatic carbocycles. The van der Waals surface area contributed by atoms with Crippen LogP contribution in [0.1, 0.15) is 0 Å². The summed E-state index contributed by atoms with van der Waals surface area (Å²) in [7, 11) is 0. The molecule has 8 heteroatoms. The maximum Gasteiger partial charge on any atom is 0.529 e. The molecule has 0 bridgehead atoms. The first-order chi connectivity index (χ1) is 3.71. The van der Waals surface area contributed by atoms with Crippen molar-refractivity contribution >= 4 is 28.6 Å². The van der Waals surface area contributed by atoms with Crippen LogP contribution in [0, 0.1) is 0 Å². The quantitative estimate of drug-likeness (QED) is 0.611. The third-order valence-corrected chi connectivity index (χ3v) is 1.04. The molecule has 0 aromatic heterocycles. The molecular formula is CCl2F3O2P. The Kier molecular flexibility index (Phi) is 2.83. The molecule has 0 aliphatic carbocycles. The third-order valence-electron chi connectivity index (χ3n) is 0.210. The van der Waals surface area contributed by atoms with Crippen LogP contribution in [0.15, 0.2) is 0 Å². The standard InChI is InChI=1S/CCl2F3O2P/c2-9(3,7)8-1(4,5)6. The molecule has 0 saturated heterocycles. The summed E-state index contributed by atoms with van der Waals surface area (Å²) in [6.07, 6.45) is -9.51. The van der Waals surface area contributed by atoms with Crippen molar-refractivity contribution < 1.29 is 22.3 Å². The Morgan fingerprint density at radius 1 is 1.33 bits per heavy atom. The summed E-state index contributed by atoms with van der Waals surface area (Å²) in [6.45, 7) is 0. The second kappa shape index (κ2) is 2.66. The minimum Gasteiger partial charge on any atom is -0.256 e. The highest BCUT2D eigenvalue weighted by molar-refractivity contribution is 8.05. The van der Waals surface area contributed by atoms with E-state index in [2.05, 4.69) is 27.0 Å². The van der Waals surface area contributed by atoms with Crippen LogP contribution in [-0.2, 0) is 9.09 Å². The number of hydrogen-bond acceptors (Lipinski definition) is 2. The van der Waals surface area contributed by atoms with Crippen LogP contribution in [0.25, 0.3) is 0 Å². The van der Waals surface area contributed by atoms with Crippen molar-refractivity contribution in [2.75, 3.05) is 0 Å². The van der Waals surface area contributed by atoms with E-state index < -0.39 is 12.4 Å². The first kappa shape index (κ1) is 9.56. The fraction of sp³-hybridized carbons (Fsp3) is 1.00. The summed E-state index contributed by atoms with van der Waals surface area (Å²) in [5.41, 5.74) is 0. The molecular weight excluding hydrogens is 203 g/mol. The SMILES string of the molecule is O=P(Cl)(Cl)OC(F)(F)F. The lowest BCUT2D eigenvalue weighted by atomic mass is 11.4. The van der Waals surface area contributed by atoms with Crippen molar-refractivity contribution in [3.05, 3.63) is 0 Å². The monoisotopic (exact) mass is 202 g/mol. The van der Waals surface area contributed by atoms with Crippen LogP contribution in [-0.4, -0.2) is 6.36 Å². The topological polar surface area (TPSA) is 26.3 Å². The van der Waals surface area contributed by atoms with Gasteiger partial charge in [-0.2, -0.15) is 0 Å². The Morgan fingerprint density at radius 3 is 1.67 bits per heavy atom. The van der Waals surface area contributed by atoms with Crippen LogP contribution in [0.5, 0.6) is 0 Å². The molecule has 9 heavy (non-hydrogen) atoms. The predicted molar refractivity (Wildman–Crippen MR) is 26.5 cm³/mol. The minimum atomic E-state index is -5.04. The van der Waals surface area contributed by atoms with Gasteiger partial charge in [0.05, 0.1) is 0 Å². The van der Waals surface area contributed by atoms with Gasteiger partial charge in [-0.15, -0.1) is 13.2 Å². The Bertz CT molecular complexity index is 137. The third kappa shape index (κ3) is 8.56. The van der Waals surface area contributed by atoms with Crippen molar-refractivity contribution in [3.8, 4) is 0 Å². The molecule has 0 fully saturated rings. The first-order valence-electron chi connectivity index (χ1n) is 1.47. The molecule has 0 N–H and O–H groups in total. The number of halogens is 5. The molecule has 56 valence electrons. The molecule has 0 rings (SSSR count). The zero-order chi connectivity index (χ0) is 7.71. The molecule has 0 heterocycles. The van der Waals surface area contributed by atoms with E-state index in [-0.39, 0.29) is 0 Å². The zero-order valence-corrected chi connectivity index (χ0v) is 6.06. The summed E-state index contributed by atoms with van der Waals surface area (Å²) in [5, 5.41) is 0. The van der Waals surface area contributed by atoms with Crippen molar-refractivity contribution in [1.29, 1.82) is 0 Å². The molecule has 2 nitrogen and oxygen atoms in total. The van der Waals surface area contributed by atoms with Crippen LogP contribution < -0.4 is 0 Å². The number of hydrogen-bond donors (Lipinski definition) is 0. The van der Waals surface area contributed by atoms with E-state index in [1.165, 1.54) is 0 Å². The zero-order valence-electron chi connectivity index (χ0n) is 3.65. The predicted octanol–water partition coefficient (Wildman–Crippen LogP) is 3.11. The Labute approximate surface area is 57.9 Å². The van der Waals surface area contributed by atoms with Crippen molar-refractivity contribution in [1.82, 2.24) is 0 Å². The molecule has 0 unspecified atom stereocenters. The van der Waals surface area contributed by atoms with E-state index >= 15 is 0 Å². The van der Waals surface area contributed by atoms with Gasteiger partial charge in [-0.05, 0) is 22.5 Å². The van der Waals surface area contributed by atoms with Gasteiger partial charge in [-0.25, -0.2) is 4.52 Å². The first-order valence-corrected chi connectivity index (χ1v) is 4.91. The highest BCUT2D eigenvalue weighted by Crippen LogP contribution is 2.60. The number of alkyl halides is 3. The van der Waals surface area contributed by atoms with Crippen LogP contribution >= 0.6 is 28.6 Å². The summed E-state index contributed by atoms with van der Waals surface area (Å²) in [5.74, 6) is 0. The lowest BCUT2D eigenvalue weighted by Gasteiger charge is -2.05. The molecule has 0 radical (unpaired) electrons. The van der Waals surface area contributed by atoms with Gasteiger partial charge in [0.1, 0.15) is 0 Å². The van der Waals surface area contributed by atoms with Gasteiger partial charge in [0.2, 0.25) is 0 Å². The minimum absolute atomic E-state index is 2.71. The van der Waals surface area contributed by atoms with E-state index in [0.717, 1.165) is 0 Å². The highest BCUT2D eigenvalue weighted by Gasteiger charge is 2.38. The normalized spacial score (nSPS) is 13.9. The average Bonchev–Trinajstić information content (AvgIpc) is 1.14. The maximum absolute atomic E-state index is 11.0. The van der Waals surface area contributed by atoms with E-state index in [9.17, 15) is 17.7 Å². The van der Waals surface area contributed by atoms with Crippen molar-refractivity contribution in [3.63, 3.8) is 0 Å². The summed E-state index contributed by atoms with van der Waals surface area (Å²) in [6, 6.07) is 0. The van der Waals surface area contributed by atoms with E-state index in [4.69, 9.17) is 0 Å². The van der Waals surface area contributed by atoms with Crippen LogP contribution in [0.3, 0.4) is 0 Å². The molecule has 0 atom stereocenters. The molecule has 0 saturated carbocycles. The van der Waals surface area contributed by atoms with Crippen molar-refractivity contribution in [2.24, 2.45) is 0 Å². The molecule has 0 aliphatic rings. The average molecular weight is 203 g/mol. The van der Waals surface area contributed by atoms with E-state index in [0.29, 0.717) is 0 Å². The van der Waals surface area contributed by atoms with Gasteiger partial charge in [0, 0.05) is 0 Å². The summed E-state index contributed by atoms with van der Waals surface area (Å²) in [4.78, 5) is 0. The Balaban J connectivity index is 3.90. The van der Waals surface area contributed by atoms with Gasteiger partial charge in [0.25, 0.3) is 0 Å². The van der Waals surface area contributed by atoms with Gasteiger partial charge in [-0.1, -0.05) is 0 Å². The summed E-state index contributed by atoms with van der Waals surface area (Å²) >= 11 is 8.79. The maximum atomic E-state index is 11.0. The van der Waals surface area contributed by atoms with Gasteiger partial charge in [0.15, 0.2) is 0 Å². The van der Waals surface area contributed by atoms with Crippen LogP contribution in [0.2, 0.25) is 0 Å². The Hall–Kier alpha value is 0.560. The lowest BCUT2D eigenvalue weighted by Crippen LogP contribution is -2.07. The second-order valence-electron chi connectivity index (χ2n) is 0.951. The lowest BCUT2D eigenvalue weighted by molar-refractivity contribution is -0.271. The largest absolute Gasteiger partial charge is 0.529 e. The smallest absolute Gasteiger partial charge is 0.256 e. The molecule has 0 aliphatic heterocycles. The van der Waals surface area contributed by atoms with Crippen LogP contribution in [0.4, 0.5) is 13.2 Å². The van der Waals surface area contributed by atoms with Gasteiger partial charge in [-0.3, -0.25) is 4.57 Å². The van der Waals surface area contributed by atoms with E-state index in [1.807, 2.05) is 0 Å². The molecule has 0 amide bonds. The highest BCUT2D eigenvalue weighted by atomic mass is 35.9. The Morgan fingerprint density at radius 2 is 1.67 bits per heavy atom. The molecule has 0 spiro atoms. The van der Waals surface area contributed by atoms with Gasteiger partial charge < -0.3 is 0 Å². The summed E-state index contributed by atoms with van der Waals surface area (Å²) < 4.78 is 45.5. The fourth-order valence-corrected chi connectivity index (χ4v) is 0.831. The second-order valence-corrected chi connectivity index (χ2v) is 5.15. The van der Waals surface area contributed by atoms with Crippen molar-refractivity contribution in [2.45, 2.75) is 6.36 Å². The molecule has 0 aromatic rings. The fourth-order valence-electron chi connectivity index (χ4n) is 0.121.